The van der Waals surface area contributed by atoms with Crippen molar-refractivity contribution >= 4 is 29.7 Å². The number of ether oxygens (including phenoxy) is 1. The predicted octanol–water partition coefficient (Wildman–Crippen LogP) is 3.90. The third-order valence-electron chi connectivity index (χ3n) is 7.14. The number of rotatable bonds is 6. The van der Waals surface area contributed by atoms with Gasteiger partial charge in [0, 0.05) is 68.9 Å². The molecule has 0 spiro atoms. The third kappa shape index (κ3) is 4.09. The van der Waals surface area contributed by atoms with Gasteiger partial charge in [0.2, 0.25) is 5.91 Å². The fraction of sp³-hybridized carbons (Fsp3) is 0.480. The smallest absolute Gasteiger partial charge is 0.264 e. The maximum atomic E-state index is 14.2. The molecule has 1 fully saturated rings. The molecule has 0 unspecified atom stereocenters. The van der Waals surface area contributed by atoms with Crippen molar-refractivity contribution in [3.63, 3.8) is 0 Å². The molecule has 35 heavy (non-hydrogen) atoms. The molecule has 3 aliphatic rings. The van der Waals surface area contributed by atoms with Gasteiger partial charge in [-0.15, -0.1) is 0 Å². The molecule has 0 aliphatic carbocycles. The van der Waals surface area contributed by atoms with Gasteiger partial charge in [-0.25, -0.2) is 8.78 Å². The number of fused-ring (bicyclic) bond motifs is 2. The van der Waals surface area contributed by atoms with Crippen molar-refractivity contribution in [2.45, 2.75) is 45.7 Å². The monoisotopic (exact) mass is 484 g/mol. The predicted molar refractivity (Wildman–Crippen MR) is 130 cm³/mol. The van der Waals surface area contributed by atoms with Crippen molar-refractivity contribution in [3.8, 4) is 0 Å². The van der Waals surface area contributed by atoms with Crippen LogP contribution in [0, 0.1) is 0 Å². The molecule has 4 heterocycles. The van der Waals surface area contributed by atoms with E-state index in [0.29, 0.717) is 44.0 Å². The van der Waals surface area contributed by atoms with E-state index in [4.69, 9.17) is 9.84 Å². The second kappa shape index (κ2) is 9.07. The summed E-state index contributed by atoms with van der Waals surface area (Å²) in [4.78, 5) is 16.0. The Bertz CT molecular complexity index is 1200. The molecule has 0 N–H and O–H groups in total. The lowest BCUT2D eigenvalue weighted by molar-refractivity contribution is -0.129. The zero-order valence-electron chi connectivity index (χ0n) is 20.3. The summed E-state index contributed by atoms with van der Waals surface area (Å²) in [5.41, 5.74) is 5.06. The minimum absolute atomic E-state index is 0.0204. The summed E-state index contributed by atoms with van der Waals surface area (Å²) in [6.45, 7) is 9.84. The maximum Gasteiger partial charge on any atom is 0.264 e. The lowest BCUT2D eigenvalue weighted by Crippen LogP contribution is -2.37. The van der Waals surface area contributed by atoms with E-state index in [1.807, 2.05) is 20.5 Å². The van der Waals surface area contributed by atoms with Crippen LogP contribution in [-0.4, -0.2) is 65.7 Å². The number of hydrogen-bond acceptors (Lipinski definition) is 6. The molecule has 0 bridgehead atoms. The minimum atomic E-state index is -2.63. The number of nitrogens with zero attached hydrogens (tertiary/aromatic N) is 6. The van der Waals surface area contributed by atoms with Crippen LogP contribution in [-0.2, 0) is 28.9 Å². The third-order valence-corrected chi connectivity index (χ3v) is 7.14. The summed E-state index contributed by atoms with van der Waals surface area (Å²) in [5, 5.41) is 10.3. The van der Waals surface area contributed by atoms with Crippen molar-refractivity contribution in [3.05, 3.63) is 46.3 Å². The Labute approximate surface area is 203 Å². The molecule has 0 saturated carbocycles. The largest absolute Gasteiger partial charge is 0.377 e. The number of carbonyl (C=O) groups is 1. The fourth-order valence-corrected chi connectivity index (χ4v) is 5.17. The number of anilines is 2. The average molecular weight is 485 g/mol. The first-order valence-electron chi connectivity index (χ1n) is 11.8. The molecule has 5 rings (SSSR count). The number of alkyl halides is 2. The quantitative estimate of drug-likeness (QED) is 0.460. The van der Waals surface area contributed by atoms with Gasteiger partial charge in [0.25, 0.3) is 6.43 Å². The van der Waals surface area contributed by atoms with Gasteiger partial charge in [0.05, 0.1) is 25.8 Å². The van der Waals surface area contributed by atoms with E-state index in [0.717, 1.165) is 41.2 Å². The molecule has 2 aromatic rings. The van der Waals surface area contributed by atoms with Crippen LogP contribution in [0.2, 0.25) is 0 Å². The highest BCUT2D eigenvalue weighted by molar-refractivity contribution is 5.78. The number of amides is 1. The Hall–Kier alpha value is -3.27. The van der Waals surface area contributed by atoms with Crippen LogP contribution in [0.1, 0.15) is 54.3 Å². The molecule has 8 nitrogen and oxygen atoms in total. The second-order valence-corrected chi connectivity index (χ2v) is 9.37. The molecule has 0 atom stereocenters. The van der Waals surface area contributed by atoms with Gasteiger partial charge in [-0.2, -0.15) is 10.2 Å². The van der Waals surface area contributed by atoms with Crippen molar-refractivity contribution in [1.29, 1.82) is 0 Å². The van der Waals surface area contributed by atoms with Crippen molar-refractivity contribution < 1.29 is 18.3 Å². The summed E-state index contributed by atoms with van der Waals surface area (Å²) < 4.78 is 35.9. The van der Waals surface area contributed by atoms with E-state index in [9.17, 15) is 13.6 Å². The van der Waals surface area contributed by atoms with Gasteiger partial charge in [0.15, 0.2) is 5.82 Å². The molecule has 3 aliphatic heterocycles. The number of hydrazone groups is 1. The van der Waals surface area contributed by atoms with Crippen LogP contribution in [0.5, 0.6) is 0 Å². The first-order valence-corrected chi connectivity index (χ1v) is 11.8. The standard InChI is InChI=1S/C25H30F2N6O2/c1-15(11-30(4)28-3)19-9-17-5-8-32(23(17)10-20(19)24(26)27)25-21-12-31(16(2)34)7-6-22(21)33(29-25)18-13-35-14-18/h9-11,18,24H,3,5-8,12-14H2,1-2,4H3/b15-11+. The maximum absolute atomic E-state index is 14.2. The van der Waals surface area contributed by atoms with Gasteiger partial charge >= 0.3 is 0 Å². The van der Waals surface area contributed by atoms with Gasteiger partial charge in [-0.1, -0.05) is 0 Å². The Balaban J connectivity index is 1.58. The molecular weight excluding hydrogens is 454 g/mol. The van der Waals surface area contributed by atoms with Gasteiger partial charge in [0.1, 0.15) is 0 Å². The van der Waals surface area contributed by atoms with Crippen LogP contribution in [0.15, 0.2) is 23.4 Å². The molecule has 1 saturated heterocycles. The number of allylic oxidation sites excluding steroid dienone is 1. The molecular formula is C25H30F2N6O2. The summed E-state index contributed by atoms with van der Waals surface area (Å²) in [7, 11) is 1.71. The van der Waals surface area contributed by atoms with Crippen molar-refractivity contribution in [2.75, 3.05) is 38.3 Å². The van der Waals surface area contributed by atoms with E-state index in [1.165, 1.54) is 5.01 Å². The second-order valence-electron chi connectivity index (χ2n) is 9.37. The first-order chi connectivity index (χ1) is 16.8. The van der Waals surface area contributed by atoms with Gasteiger partial charge in [-0.05, 0) is 42.2 Å². The van der Waals surface area contributed by atoms with E-state index >= 15 is 0 Å². The summed E-state index contributed by atoms with van der Waals surface area (Å²) in [6, 6.07) is 3.64. The highest BCUT2D eigenvalue weighted by Gasteiger charge is 2.35. The topological polar surface area (TPSA) is 66.2 Å². The van der Waals surface area contributed by atoms with Gasteiger partial charge in [-0.3, -0.25) is 14.5 Å². The number of benzene rings is 1. The van der Waals surface area contributed by atoms with Crippen LogP contribution < -0.4 is 4.90 Å². The zero-order chi connectivity index (χ0) is 24.9. The SMILES string of the molecule is C=NN(C)/C=C(\C)c1cc2c(cc1C(F)F)N(c1nn(C3COC3)c3c1CN(C(C)=O)CC3)CC2. The Morgan fingerprint density at radius 2 is 2.06 bits per heavy atom. The first kappa shape index (κ1) is 23.5. The molecule has 0 radical (unpaired) electrons. The van der Waals surface area contributed by atoms with E-state index in [2.05, 4.69) is 11.8 Å². The molecule has 186 valence electrons. The molecule has 1 aromatic heterocycles. The highest BCUT2D eigenvalue weighted by atomic mass is 19.3. The zero-order valence-corrected chi connectivity index (χ0v) is 20.3. The normalized spacial score (nSPS) is 17.9. The van der Waals surface area contributed by atoms with Gasteiger partial charge < -0.3 is 14.5 Å². The van der Waals surface area contributed by atoms with E-state index in [1.54, 1.807) is 33.2 Å². The Morgan fingerprint density at radius 1 is 1.29 bits per heavy atom. The molecule has 1 amide bonds. The lowest BCUT2D eigenvalue weighted by Gasteiger charge is -2.31. The summed E-state index contributed by atoms with van der Waals surface area (Å²) in [5.74, 6) is 0.779. The summed E-state index contributed by atoms with van der Waals surface area (Å²) in [6.07, 6.45) is 0.506. The van der Waals surface area contributed by atoms with Crippen LogP contribution in [0.4, 0.5) is 20.3 Å². The number of hydrogen-bond donors (Lipinski definition) is 0. The van der Waals surface area contributed by atoms with Crippen molar-refractivity contribution in [2.24, 2.45) is 5.10 Å². The average Bonchev–Trinajstić information content (AvgIpc) is 3.37. The van der Waals surface area contributed by atoms with Crippen LogP contribution in [0.3, 0.4) is 0 Å². The van der Waals surface area contributed by atoms with Crippen LogP contribution >= 0.6 is 0 Å². The molecule has 10 heteroatoms. The fourth-order valence-electron chi connectivity index (χ4n) is 5.17. The number of carbonyl (C=O) groups excluding carboxylic acids is 1. The minimum Gasteiger partial charge on any atom is -0.377 e. The highest BCUT2D eigenvalue weighted by Crippen LogP contribution is 2.43. The van der Waals surface area contributed by atoms with Crippen LogP contribution in [0.25, 0.3) is 5.57 Å². The van der Waals surface area contributed by atoms with Crippen molar-refractivity contribution in [1.82, 2.24) is 19.7 Å². The number of halogens is 2. The van der Waals surface area contributed by atoms with E-state index in [-0.39, 0.29) is 17.5 Å². The van der Waals surface area contributed by atoms with E-state index < -0.39 is 6.43 Å². The summed E-state index contributed by atoms with van der Waals surface area (Å²) >= 11 is 0. The Morgan fingerprint density at radius 3 is 2.69 bits per heavy atom. The lowest BCUT2D eigenvalue weighted by atomic mass is 9.97. The number of aromatic nitrogens is 2. The Kier molecular flexibility index (Phi) is 6.08. The molecule has 1 aromatic carbocycles.